The maximum absolute atomic E-state index is 12.1. The number of amides is 2. The zero-order valence-electron chi connectivity index (χ0n) is 16.9. The van der Waals surface area contributed by atoms with E-state index >= 15 is 0 Å². The standard InChI is InChI=1S/C24H22N2O5/c27-22(25-19-7-3-8-20(14-19)26-12-4-9-23(26)28)15-31-24(29)16-30-21-11-10-17-5-1-2-6-18(17)13-21/h1-3,5-8,10-11,13-14H,4,9,12,15-16H2,(H,25,27). The lowest BCUT2D eigenvalue weighted by molar-refractivity contribution is -0.149. The minimum Gasteiger partial charge on any atom is -0.482 e. The Bertz CT molecular complexity index is 1130. The molecule has 1 aliphatic rings. The Morgan fingerprint density at radius 1 is 0.935 bits per heavy atom. The average Bonchev–Trinajstić information content (AvgIpc) is 3.22. The number of benzene rings is 3. The van der Waals surface area contributed by atoms with Gasteiger partial charge in [-0.2, -0.15) is 0 Å². The fraction of sp³-hybridized carbons (Fsp3) is 0.208. The Morgan fingerprint density at radius 2 is 1.77 bits per heavy atom. The molecule has 2 amide bonds. The summed E-state index contributed by atoms with van der Waals surface area (Å²) in [6.07, 6.45) is 1.36. The predicted octanol–water partition coefficient (Wildman–Crippen LogP) is 3.53. The molecule has 7 heteroatoms. The number of anilines is 2. The largest absolute Gasteiger partial charge is 0.482 e. The summed E-state index contributed by atoms with van der Waals surface area (Å²) in [7, 11) is 0. The lowest BCUT2D eigenvalue weighted by atomic mass is 10.1. The van der Waals surface area contributed by atoms with Gasteiger partial charge in [0.2, 0.25) is 5.91 Å². The van der Waals surface area contributed by atoms with Crippen molar-refractivity contribution >= 4 is 39.9 Å². The van der Waals surface area contributed by atoms with Gasteiger partial charge in [0.1, 0.15) is 5.75 Å². The van der Waals surface area contributed by atoms with Gasteiger partial charge in [0.05, 0.1) is 0 Å². The number of hydrogen-bond acceptors (Lipinski definition) is 5. The molecular weight excluding hydrogens is 396 g/mol. The first-order chi connectivity index (χ1) is 15.1. The molecule has 0 radical (unpaired) electrons. The average molecular weight is 418 g/mol. The zero-order chi connectivity index (χ0) is 21.6. The van der Waals surface area contributed by atoms with Crippen LogP contribution >= 0.6 is 0 Å². The van der Waals surface area contributed by atoms with Crippen molar-refractivity contribution in [3.8, 4) is 5.75 Å². The molecule has 158 valence electrons. The number of esters is 1. The summed E-state index contributed by atoms with van der Waals surface area (Å²) >= 11 is 0. The molecule has 0 spiro atoms. The van der Waals surface area contributed by atoms with Crippen LogP contribution < -0.4 is 15.0 Å². The van der Waals surface area contributed by atoms with Crippen molar-refractivity contribution in [1.29, 1.82) is 0 Å². The van der Waals surface area contributed by atoms with E-state index in [0.29, 0.717) is 24.4 Å². The van der Waals surface area contributed by atoms with Crippen LogP contribution in [0.3, 0.4) is 0 Å². The van der Waals surface area contributed by atoms with E-state index in [0.717, 1.165) is 22.9 Å². The molecule has 1 saturated heterocycles. The van der Waals surface area contributed by atoms with E-state index < -0.39 is 18.5 Å². The second-order valence-electron chi connectivity index (χ2n) is 7.21. The Labute approximate surface area is 179 Å². The third kappa shape index (κ3) is 5.19. The Hall–Kier alpha value is -3.87. The molecule has 3 aromatic rings. The van der Waals surface area contributed by atoms with E-state index in [4.69, 9.17) is 9.47 Å². The summed E-state index contributed by atoms with van der Waals surface area (Å²) in [5, 5.41) is 4.76. The van der Waals surface area contributed by atoms with Crippen LogP contribution in [0.2, 0.25) is 0 Å². The summed E-state index contributed by atoms with van der Waals surface area (Å²) in [5.74, 6) is -0.485. The number of carbonyl (C=O) groups is 3. The molecule has 0 saturated carbocycles. The molecule has 0 atom stereocenters. The fourth-order valence-electron chi connectivity index (χ4n) is 3.46. The first-order valence-electron chi connectivity index (χ1n) is 10.1. The topological polar surface area (TPSA) is 84.9 Å². The van der Waals surface area contributed by atoms with Crippen molar-refractivity contribution in [2.45, 2.75) is 12.8 Å². The number of nitrogens with one attached hydrogen (secondary N) is 1. The molecule has 1 fully saturated rings. The number of rotatable bonds is 7. The Kier molecular flexibility index (Phi) is 6.12. The molecule has 31 heavy (non-hydrogen) atoms. The number of hydrogen-bond donors (Lipinski definition) is 1. The Balaban J connectivity index is 1.24. The molecule has 0 unspecified atom stereocenters. The van der Waals surface area contributed by atoms with Crippen LogP contribution in [-0.2, 0) is 19.1 Å². The van der Waals surface area contributed by atoms with Crippen LogP contribution in [0.25, 0.3) is 10.8 Å². The second-order valence-corrected chi connectivity index (χ2v) is 7.21. The predicted molar refractivity (Wildman–Crippen MR) is 117 cm³/mol. The third-order valence-electron chi connectivity index (χ3n) is 4.96. The number of carbonyl (C=O) groups excluding carboxylic acids is 3. The van der Waals surface area contributed by atoms with Crippen molar-refractivity contribution < 1.29 is 23.9 Å². The minimum atomic E-state index is -0.639. The lowest BCUT2D eigenvalue weighted by Crippen LogP contribution is -2.25. The molecule has 1 N–H and O–H groups in total. The zero-order valence-corrected chi connectivity index (χ0v) is 16.9. The van der Waals surface area contributed by atoms with Gasteiger partial charge in [0, 0.05) is 24.3 Å². The molecule has 7 nitrogen and oxygen atoms in total. The van der Waals surface area contributed by atoms with Crippen molar-refractivity contribution in [3.05, 3.63) is 66.7 Å². The van der Waals surface area contributed by atoms with Crippen LogP contribution in [0.5, 0.6) is 5.75 Å². The highest BCUT2D eigenvalue weighted by Crippen LogP contribution is 2.24. The highest BCUT2D eigenvalue weighted by atomic mass is 16.6. The van der Waals surface area contributed by atoms with E-state index in [9.17, 15) is 14.4 Å². The van der Waals surface area contributed by atoms with Gasteiger partial charge in [0.15, 0.2) is 13.2 Å². The molecule has 0 bridgehead atoms. The first kappa shape index (κ1) is 20.4. The van der Waals surface area contributed by atoms with Gasteiger partial charge in [-0.15, -0.1) is 0 Å². The molecule has 0 aliphatic carbocycles. The van der Waals surface area contributed by atoms with Gasteiger partial charge in [0.25, 0.3) is 5.91 Å². The van der Waals surface area contributed by atoms with Gasteiger partial charge < -0.3 is 19.7 Å². The van der Waals surface area contributed by atoms with Crippen LogP contribution in [-0.4, -0.2) is 37.5 Å². The number of fused-ring (bicyclic) bond motifs is 1. The van der Waals surface area contributed by atoms with E-state index in [1.54, 1.807) is 29.2 Å². The molecular formula is C24H22N2O5. The number of ether oxygens (including phenoxy) is 2. The van der Waals surface area contributed by atoms with Gasteiger partial charge in [-0.05, 0) is 47.5 Å². The van der Waals surface area contributed by atoms with Gasteiger partial charge in [-0.3, -0.25) is 9.59 Å². The van der Waals surface area contributed by atoms with Crippen LogP contribution in [0, 0.1) is 0 Å². The molecule has 4 rings (SSSR count). The van der Waals surface area contributed by atoms with Gasteiger partial charge in [-0.1, -0.05) is 36.4 Å². The summed E-state index contributed by atoms with van der Waals surface area (Å²) in [6.45, 7) is -0.0456. The molecule has 3 aromatic carbocycles. The summed E-state index contributed by atoms with van der Waals surface area (Å²) in [6, 6.07) is 20.4. The second kappa shape index (κ2) is 9.30. The van der Waals surface area contributed by atoms with Gasteiger partial charge in [-0.25, -0.2) is 4.79 Å². The van der Waals surface area contributed by atoms with Crippen LogP contribution in [0.1, 0.15) is 12.8 Å². The first-order valence-corrected chi connectivity index (χ1v) is 10.1. The summed E-state index contributed by atoms with van der Waals surface area (Å²) in [5.41, 5.74) is 1.27. The third-order valence-corrected chi connectivity index (χ3v) is 4.96. The van der Waals surface area contributed by atoms with Crippen molar-refractivity contribution in [1.82, 2.24) is 0 Å². The lowest BCUT2D eigenvalue weighted by Gasteiger charge is -2.16. The van der Waals surface area contributed by atoms with E-state index in [-0.39, 0.29) is 12.5 Å². The monoisotopic (exact) mass is 418 g/mol. The van der Waals surface area contributed by atoms with Crippen molar-refractivity contribution in [3.63, 3.8) is 0 Å². The smallest absolute Gasteiger partial charge is 0.344 e. The van der Waals surface area contributed by atoms with E-state index in [1.807, 2.05) is 42.5 Å². The van der Waals surface area contributed by atoms with Crippen molar-refractivity contribution in [2.24, 2.45) is 0 Å². The normalized spacial score (nSPS) is 13.3. The summed E-state index contributed by atoms with van der Waals surface area (Å²) < 4.78 is 10.5. The molecule has 0 aromatic heterocycles. The van der Waals surface area contributed by atoms with E-state index in [2.05, 4.69) is 5.32 Å². The summed E-state index contributed by atoms with van der Waals surface area (Å²) in [4.78, 5) is 37.6. The highest BCUT2D eigenvalue weighted by molar-refractivity contribution is 5.97. The maximum atomic E-state index is 12.1. The van der Waals surface area contributed by atoms with Gasteiger partial charge >= 0.3 is 5.97 Å². The maximum Gasteiger partial charge on any atom is 0.344 e. The minimum absolute atomic E-state index is 0.0730. The highest BCUT2D eigenvalue weighted by Gasteiger charge is 2.21. The van der Waals surface area contributed by atoms with Crippen LogP contribution in [0.15, 0.2) is 66.7 Å². The van der Waals surface area contributed by atoms with Crippen molar-refractivity contribution in [2.75, 3.05) is 30.0 Å². The Morgan fingerprint density at radius 3 is 2.58 bits per heavy atom. The SMILES string of the molecule is O=C(COC(=O)COc1ccc2ccccc2c1)Nc1cccc(N2CCCC2=O)c1. The quantitative estimate of drug-likeness (QED) is 0.594. The number of nitrogens with zero attached hydrogens (tertiary/aromatic N) is 1. The fourth-order valence-corrected chi connectivity index (χ4v) is 3.46. The molecule has 1 heterocycles. The van der Waals surface area contributed by atoms with Crippen LogP contribution in [0.4, 0.5) is 11.4 Å². The van der Waals surface area contributed by atoms with E-state index in [1.165, 1.54) is 0 Å². The molecule has 1 aliphatic heterocycles.